The molecule has 3 nitrogen and oxygen atoms in total. The average Bonchev–Trinajstić information content (AvgIpc) is 2.38. The summed E-state index contributed by atoms with van der Waals surface area (Å²) < 4.78 is 0. The van der Waals surface area contributed by atoms with Crippen LogP contribution in [0.2, 0.25) is 10.0 Å². The lowest BCUT2D eigenvalue weighted by Gasteiger charge is -2.18. The van der Waals surface area contributed by atoms with Gasteiger partial charge in [0, 0.05) is 36.9 Å². The minimum atomic E-state index is 0.628. The van der Waals surface area contributed by atoms with Crippen molar-refractivity contribution in [1.29, 1.82) is 0 Å². The Morgan fingerprint density at radius 3 is 2.68 bits per heavy atom. The smallest absolute Gasteiger partial charge is 0.0766 e. The van der Waals surface area contributed by atoms with E-state index in [9.17, 15) is 0 Å². The predicted molar refractivity (Wildman–Crippen MR) is 82.4 cm³/mol. The lowest BCUT2D eigenvalue weighted by molar-refractivity contribution is 1.09. The summed E-state index contributed by atoms with van der Waals surface area (Å²) >= 11 is 12.0. The Kier molecular flexibility index (Phi) is 4.51. The van der Waals surface area contributed by atoms with Gasteiger partial charge in [-0.1, -0.05) is 29.3 Å². The summed E-state index contributed by atoms with van der Waals surface area (Å²) in [6.07, 6.45) is 3.58. The first kappa shape index (κ1) is 14.0. The number of anilines is 2. The number of halogens is 2. The van der Waals surface area contributed by atoms with E-state index < -0.39 is 0 Å². The largest absolute Gasteiger partial charge is 0.378 e. The molecule has 0 aliphatic heterocycles. The van der Waals surface area contributed by atoms with E-state index in [-0.39, 0.29) is 0 Å². The molecule has 0 aliphatic rings. The maximum atomic E-state index is 6.15. The molecule has 1 aromatic carbocycles. The van der Waals surface area contributed by atoms with Crippen molar-refractivity contribution in [2.45, 2.75) is 6.54 Å². The van der Waals surface area contributed by atoms with Gasteiger partial charge in [0.2, 0.25) is 0 Å². The Labute approximate surface area is 123 Å². The molecule has 0 aliphatic carbocycles. The van der Waals surface area contributed by atoms with Gasteiger partial charge in [-0.05, 0) is 23.8 Å². The van der Waals surface area contributed by atoms with Gasteiger partial charge in [0.1, 0.15) is 0 Å². The first-order chi connectivity index (χ1) is 9.08. The standard InChI is InChI=1S/C14H15Cl2N3/c1-19(2)14-5-6-17-9-13(14)18-8-10-3-4-11(15)7-12(10)16/h3-7,9,18H,8H2,1-2H3. The highest BCUT2D eigenvalue weighted by atomic mass is 35.5. The highest BCUT2D eigenvalue weighted by Crippen LogP contribution is 2.25. The van der Waals surface area contributed by atoms with Gasteiger partial charge in [0.25, 0.3) is 0 Å². The Morgan fingerprint density at radius 1 is 1.21 bits per heavy atom. The second kappa shape index (κ2) is 6.13. The molecule has 1 aromatic heterocycles. The van der Waals surface area contributed by atoms with Gasteiger partial charge < -0.3 is 10.2 Å². The van der Waals surface area contributed by atoms with Crippen LogP contribution >= 0.6 is 23.2 Å². The molecular weight excluding hydrogens is 281 g/mol. The molecule has 19 heavy (non-hydrogen) atoms. The van der Waals surface area contributed by atoms with Gasteiger partial charge in [-0.25, -0.2) is 0 Å². The van der Waals surface area contributed by atoms with E-state index in [2.05, 4.69) is 10.3 Å². The van der Waals surface area contributed by atoms with Gasteiger partial charge in [-0.15, -0.1) is 0 Å². The highest BCUT2D eigenvalue weighted by Gasteiger charge is 2.05. The van der Waals surface area contributed by atoms with Crippen molar-refractivity contribution in [2.75, 3.05) is 24.3 Å². The van der Waals surface area contributed by atoms with Gasteiger partial charge in [-0.3, -0.25) is 4.98 Å². The number of aromatic nitrogens is 1. The number of nitrogens with one attached hydrogen (secondary N) is 1. The van der Waals surface area contributed by atoms with E-state index in [0.717, 1.165) is 16.9 Å². The molecule has 0 atom stereocenters. The third kappa shape index (κ3) is 3.52. The SMILES string of the molecule is CN(C)c1ccncc1NCc1ccc(Cl)cc1Cl. The topological polar surface area (TPSA) is 28.2 Å². The van der Waals surface area contributed by atoms with Crippen molar-refractivity contribution >= 4 is 34.6 Å². The monoisotopic (exact) mass is 295 g/mol. The van der Waals surface area contributed by atoms with E-state index in [1.807, 2.05) is 37.2 Å². The summed E-state index contributed by atoms with van der Waals surface area (Å²) in [5.41, 5.74) is 3.05. The number of hydrogen-bond donors (Lipinski definition) is 1. The molecule has 0 amide bonds. The van der Waals surface area contributed by atoms with Gasteiger partial charge in [0.15, 0.2) is 0 Å². The lowest BCUT2D eigenvalue weighted by Crippen LogP contribution is -2.12. The van der Waals surface area contributed by atoms with Crippen LogP contribution in [-0.4, -0.2) is 19.1 Å². The third-order valence-corrected chi connectivity index (χ3v) is 3.35. The zero-order valence-corrected chi connectivity index (χ0v) is 12.3. The van der Waals surface area contributed by atoms with Gasteiger partial charge in [0.05, 0.1) is 17.6 Å². The molecule has 0 saturated heterocycles. The molecule has 1 heterocycles. The molecule has 0 unspecified atom stereocenters. The molecule has 2 rings (SSSR count). The molecule has 1 N–H and O–H groups in total. The van der Waals surface area contributed by atoms with E-state index >= 15 is 0 Å². The van der Waals surface area contributed by atoms with Crippen LogP contribution < -0.4 is 10.2 Å². The van der Waals surface area contributed by atoms with Gasteiger partial charge >= 0.3 is 0 Å². The Balaban J connectivity index is 2.14. The van der Waals surface area contributed by atoms with E-state index in [1.54, 1.807) is 18.5 Å². The Hall–Kier alpha value is -1.45. The van der Waals surface area contributed by atoms with Gasteiger partial charge in [-0.2, -0.15) is 0 Å². The number of nitrogens with zero attached hydrogens (tertiary/aromatic N) is 2. The van der Waals surface area contributed by atoms with Crippen LogP contribution in [0.5, 0.6) is 0 Å². The fraction of sp³-hybridized carbons (Fsp3) is 0.214. The summed E-state index contributed by atoms with van der Waals surface area (Å²) in [6.45, 7) is 0.628. The fourth-order valence-electron chi connectivity index (χ4n) is 1.77. The highest BCUT2D eigenvalue weighted by molar-refractivity contribution is 6.35. The zero-order chi connectivity index (χ0) is 13.8. The number of benzene rings is 1. The third-order valence-electron chi connectivity index (χ3n) is 2.76. The van der Waals surface area contributed by atoms with Crippen LogP contribution in [0.4, 0.5) is 11.4 Å². The van der Waals surface area contributed by atoms with Crippen molar-refractivity contribution < 1.29 is 0 Å². The molecule has 100 valence electrons. The maximum absolute atomic E-state index is 6.15. The Bertz CT molecular complexity index is 570. The molecule has 0 saturated carbocycles. The summed E-state index contributed by atoms with van der Waals surface area (Å²) in [7, 11) is 3.99. The quantitative estimate of drug-likeness (QED) is 0.922. The molecular formula is C14H15Cl2N3. The van der Waals surface area contributed by atoms with E-state index in [0.29, 0.717) is 16.6 Å². The van der Waals surface area contributed by atoms with E-state index in [4.69, 9.17) is 23.2 Å². The second-order valence-electron chi connectivity index (χ2n) is 4.38. The van der Waals surface area contributed by atoms with Crippen LogP contribution in [0.15, 0.2) is 36.7 Å². The van der Waals surface area contributed by atoms with Crippen molar-refractivity contribution in [3.8, 4) is 0 Å². The van der Waals surface area contributed by atoms with Crippen LogP contribution in [0.1, 0.15) is 5.56 Å². The first-order valence-electron chi connectivity index (χ1n) is 5.87. The molecule has 0 fully saturated rings. The number of rotatable bonds is 4. The average molecular weight is 296 g/mol. The van der Waals surface area contributed by atoms with Crippen molar-refractivity contribution in [3.05, 3.63) is 52.3 Å². The Morgan fingerprint density at radius 2 is 2.00 bits per heavy atom. The molecule has 0 bridgehead atoms. The molecule has 5 heteroatoms. The fourth-order valence-corrected chi connectivity index (χ4v) is 2.24. The summed E-state index contributed by atoms with van der Waals surface area (Å²) in [5, 5.41) is 4.64. The minimum Gasteiger partial charge on any atom is -0.378 e. The summed E-state index contributed by atoms with van der Waals surface area (Å²) in [5.74, 6) is 0. The van der Waals surface area contributed by atoms with Crippen molar-refractivity contribution in [1.82, 2.24) is 4.98 Å². The van der Waals surface area contributed by atoms with Crippen molar-refractivity contribution in [3.63, 3.8) is 0 Å². The zero-order valence-electron chi connectivity index (χ0n) is 10.8. The maximum Gasteiger partial charge on any atom is 0.0766 e. The van der Waals surface area contributed by atoms with Crippen molar-refractivity contribution in [2.24, 2.45) is 0 Å². The number of hydrogen-bond acceptors (Lipinski definition) is 3. The first-order valence-corrected chi connectivity index (χ1v) is 6.62. The lowest BCUT2D eigenvalue weighted by atomic mass is 10.2. The molecule has 2 aromatic rings. The second-order valence-corrected chi connectivity index (χ2v) is 5.22. The molecule has 0 radical (unpaired) electrons. The van der Waals surface area contributed by atoms with Crippen LogP contribution in [0.25, 0.3) is 0 Å². The van der Waals surface area contributed by atoms with Crippen LogP contribution in [0, 0.1) is 0 Å². The van der Waals surface area contributed by atoms with E-state index in [1.165, 1.54) is 0 Å². The minimum absolute atomic E-state index is 0.628. The van der Waals surface area contributed by atoms with Crippen LogP contribution in [0.3, 0.4) is 0 Å². The number of pyridine rings is 1. The molecule has 0 spiro atoms. The summed E-state index contributed by atoms with van der Waals surface area (Å²) in [6, 6.07) is 7.46. The normalized spacial score (nSPS) is 10.3. The van der Waals surface area contributed by atoms with Crippen LogP contribution in [-0.2, 0) is 6.54 Å². The summed E-state index contributed by atoms with van der Waals surface area (Å²) in [4.78, 5) is 6.17. The predicted octanol–water partition coefficient (Wildman–Crippen LogP) is 4.07.